The van der Waals surface area contributed by atoms with Crippen LogP contribution < -0.4 is 14.8 Å². The van der Waals surface area contributed by atoms with E-state index in [9.17, 15) is 4.79 Å². The predicted molar refractivity (Wildman–Crippen MR) is 85.2 cm³/mol. The Labute approximate surface area is 127 Å². The maximum Gasteiger partial charge on any atom is 0.241 e. The summed E-state index contributed by atoms with van der Waals surface area (Å²) in [4.78, 5) is 14.4. The molecule has 0 fully saturated rings. The van der Waals surface area contributed by atoms with Crippen LogP contribution in [0.2, 0.25) is 0 Å². The van der Waals surface area contributed by atoms with Crippen LogP contribution in [-0.2, 0) is 4.79 Å². The van der Waals surface area contributed by atoms with Gasteiger partial charge in [-0.1, -0.05) is 13.3 Å². The summed E-state index contributed by atoms with van der Waals surface area (Å²) >= 11 is 0. The molecule has 0 radical (unpaired) electrons. The first-order valence-corrected chi connectivity index (χ1v) is 7.26. The van der Waals surface area contributed by atoms with E-state index in [-0.39, 0.29) is 11.9 Å². The zero-order chi connectivity index (χ0) is 15.8. The van der Waals surface area contributed by atoms with Crippen molar-refractivity contribution in [3.05, 3.63) is 18.2 Å². The number of amides is 1. The Hall–Kier alpha value is -1.75. The number of anilines is 1. The van der Waals surface area contributed by atoms with Crippen molar-refractivity contribution >= 4 is 11.6 Å². The number of likely N-dealkylation sites (N-methyl/N-ethyl adjacent to an activating group) is 1. The lowest BCUT2D eigenvalue weighted by Gasteiger charge is -2.24. The lowest BCUT2D eigenvalue weighted by Crippen LogP contribution is -2.40. The van der Waals surface area contributed by atoms with Crippen LogP contribution in [0.15, 0.2) is 18.2 Å². The van der Waals surface area contributed by atoms with E-state index in [4.69, 9.17) is 9.47 Å². The Balaban J connectivity index is 2.77. The highest BCUT2D eigenvalue weighted by atomic mass is 16.5. The van der Waals surface area contributed by atoms with Gasteiger partial charge in [0.25, 0.3) is 0 Å². The van der Waals surface area contributed by atoms with Crippen molar-refractivity contribution in [3.63, 3.8) is 0 Å². The van der Waals surface area contributed by atoms with Crippen molar-refractivity contribution in [3.8, 4) is 11.5 Å². The van der Waals surface area contributed by atoms with Gasteiger partial charge in [-0.05, 0) is 39.1 Å². The molecule has 21 heavy (non-hydrogen) atoms. The summed E-state index contributed by atoms with van der Waals surface area (Å²) in [6, 6.07) is 5.13. The van der Waals surface area contributed by atoms with Crippen molar-refractivity contribution < 1.29 is 14.3 Å². The molecule has 0 saturated carbocycles. The van der Waals surface area contributed by atoms with Crippen LogP contribution in [0.1, 0.15) is 26.7 Å². The molecule has 0 spiro atoms. The molecule has 1 aromatic rings. The summed E-state index contributed by atoms with van der Waals surface area (Å²) in [5.41, 5.74) is 0.623. The second-order valence-corrected chi connectivity index (χ2v) is 5.07. The maximum absolute atomic E-state index is 12.3. The number of rotatable bonds is 8. The van der Waals surface area contributed by atoms with E-state index in [1.165, 1.54) is 0 Å². The highest BCUT2D eigenvalue weighted by Crippen LogP contribution is 2.29. The van der Waals surface area contributed by atoms with E-state index in [0.29, 0.717) is 17.2 Å². The minimum absolute atomic E-state index is 0.0554. The highest BCUT2D eigenvalue weighted by Gasteiger charge is 2.19. The molecule has 1 amide bonds. The normalized spacial score (nSPS) is 12.1. The number of nitrogens with zero attached hydrogens (tertiary/aromatic N) is 1. The highest BCUT2D eigenvalue weighted by molar-refractivity contribution is 5.96. The quantitative estimate of drug-likeness (QED) is 0.801. The fourth-order valence-corrected chi connectivity index (χ4v) is 1.95. The molecule has 0 heterocycles. The molecular formula is C16H26N2O3. The van der Waals surface area contributed by atoms with Crippen LogP contribution in [0.3, 0.4) is 0 Å². The Morgan fingerprint density at radius 1 is 1.33 bits per heavy atom. The van der Waals surface area contributed by atoms with Crippen LogP contribution in [0.5, 0.6) is 11.5 Å². The predicted octanol–water partition coefficient (Wildman–Crippen LogP) is 2.76. The summed E-state index contributed by atoms with van der Waals surface area (Å²) in [6.45, 7) is 4.94. The van der Waals surface area contributed by atoms with Gasteiger partial charge in [-0.3, -0.25) is 9.69 Å². The Morgan fingerprint density at radius 3 is 2.62 bits per heavy atom. The fraction of sp³-hybridized carbons (Fsp3) is 0.562. The average molecular weight is 294 g/mol. The van der Waals surface area contributed by atoms with E-state index in [2.05, 4.69) is 12.2 Å². The van der Waals surface area contributed by atoms with Gasteiger partial charge in [-0.2, -0.15) is 0 Å². The largest absolute Gasteiger partial charge is 0.497 e. The molecule has 1 unspecified atom stereocenters. The van der Waals surface area contributed by atoms with Gasteiger partial charge < -0.3 is 14.8 Å². The van der Waals surface area contributed by atoms with Gasteiger partial charge in [-0.15, -0.1) is 0 Å². The van der Waals surface area contributed by atoms with E-state index in [1.54, 1.807) is 32.4 Å². The SMILES string of the molecule is CCCCN(C)C(C)C(=O)Nc1cc(OC)ccc1OC. The molecular weight excluding hydrogens is 268 g/mol. The lowest BCUT2D eigenvalue weighted by atomic mass is 10.2. The summed E-state index contributed by atoms with van der Waals surface area (Å²) in [7, 11) is 5.13. The number of nitrogens with one attached hydrogen (secondary N) is 1. The lowest BCUT2D eigenvalue weighted by molar-refractivity contribution is -0.120. The summed E-state index contributed by atoms with van der Waals surface area (Å²) in [5.74, 6) is 1.24. The zero-order valence-electron chi connectivity index (χ0n) is 13.6. The number of carbonyl (C=O) groups excluding carboxylic acids is 1. The minimum Gasteiger partial charge on any atom is -0.497 e. The standard InChI is InChI=1S/C16H26N2O3/c1-6-7-10-18(3)12(2)16(19)17-14-11-13(20-4)8-9-15(14)21-5/h8-9,11-12H,6-7,10H2,1-5H3,(H,17,19). The zero-order valence-corrected chi connectivity index (χ0v) is 13.6. The van der Waals surface area contributed by atoms with Gasteiger partial charge >= 0.3 is 0 Å². The molecule has 0 saturated heterocycles. The second kappa shape index (κ2) is 8.52. The third-order valence-corrected chi connectivity index (χ3v) is 3.57. The van der Waals surface area contributed by atoms with Gasteiger partial charge in [-0.25, -0.2) is 0 Å². The molecule has 118 valence electrons. The first-order valence-electron chi connectivity index (χ1n) is 7.26. The Morgan fingerprint density at radius 2 is 2.05 bits per heavy atom. The Kier molecular flexibility index (Phi) is 7.02. The van der Waals surface area contributed by atoms with Crippen molar-refractivity contribution in [2.75, 3.05) is 33.1 Å². The van der Waals surface area contributed by atoms with Crippen molar-refractivity contribution in [1.82, 2.24) is 4.90 Å². The first kappa shape index (κ1) is 17.3. The van der Waals surface area contributed by atoms with Gasteiger partial charge in [0.05, 0.1) is 25.9 Å². The molecule has 5 nitrogen and oxygen atoms in total. The molecule has 0 aliphatic carbocycles. The van der Waals surface area contributed by atoms with Gasteiger partial charge in [0.2, 0.25) is 5.91 Å². The minimum atomic E-state index is -0.201. The van der Waals surface area contributed by atoms with Crippen LogP contribution in [0.25, 0.3) is 0 Å². The van der Waals surface area contributed by atoms with Gasteiger partial charge in [0.15, 0.2) is 0 Å². The van der Waals surface area contributed by atoms with Crippen molar-refractivity contribution in [1.29, 1.82) is 0 Å². The van der Waals surface area contributed by atoms with Crippen molar-refractivity contribution in [2.45, 2.75) is 32.7 Å². The number of hydrogen-bond acceptors (Lipinski definition) is 4. The number of carbonyl (C=O) groups is 1. The van der Waals surface area contributed by atoms with E-state index in [0.717, 1.165) is 19.4 Å². The fourth-order valence-electron chi connectivity index (χ4n) is 1.95. The van der Waals surface area contributed by atoms with E-state index in [1.807, 2.05) is 18.9 Å². The van der Waals surface area contributed by atoms with Gasteiger partial charge in [0, 0.05) is 6.07 Å². The van der Waals surface area contributed by atoms with Crippen LogP contribution in [0.4, 0.5) is 5.69 Å². The average Bonchev–Trinajstić information content (AvgIpc) is 2.51. The first-order chi connectivity index (χ1) is 10.0. The van der Waals surface area contributed by atoms with Crippen LogP contribution in [-0.4, -0.2) is 44.7 Å². The van der Waals surface area contributed by atoms with Crippen molar-refractivity contribution in [2.24, 2.45) is 0 Å². The molecule has 0 bridgehead atoms. The molecule has 1 rings (SSSR count). The molecule has 1 N–H and O–H groups in total. The maximum atomic E-state index is 12.3. The topological polar surface area (TPSA) is 50.8 Å². The van der Waals surface area contributed by atoms with Gasteiger partial charge in [0.1, 0.15) is 11.5 Å². The molecule has 0 aromatic heterocycles. The second-order valence-electron chi connectivity index (χ2n) is 5.07. The van der Waals surface area contributed by atoms with E-state index < -0.39 is 0 Å². The smallest absolute Gasteiger partial charge is 0.241 e. The summed E-state index contributed by atoms with van der Waals surface area (Å²) in [6.07, 6.45) is 2.19. The molecule has 1 aromatic carbocycles. The number of ether oxygens (including phenoxy) is 2. The Bertz CT molecular complexity index is 463. The van der Waals surface area contributed by atoms with Crippen LogP contribution >= 0.6 is 0 Å². The molecule has 0 aliphatic heterocycles. The molecule has 0 aliphatic rings. The number of hydrogen-bond donors (Lipinski definition) is 1. The molecule has 1 atom stereocenters. The number of methoxy groups -OCH3 is 2. The third-order valence-electron chi connectivity index (χ3n) is 3.57. The monoisotopic (exact) mass is 294 g/mol. The van der Waals surface area contributed by atoms with Crippen LogP contribution in [0, 0.1) is 0 Å². The number of benzene rings is 1. The number of unbranched alkanes of at least 4 members (excludes halogenated alkanes) is 1. The third kappa shape index (κ3) is 4.93. The molecule has 5 heteroatoms. The summed E-state index contributed by atoms with van der Waals surface area (Å²) in [5, 5.41) is 2.91. The van der Waals surface area contributed by atoms with E-state index >= 15 is 0 Å². The summed E-state index contributed by atoms with van der Waals surface area (Å²) < 4.78 is 10.4.